The van der Waals surface area contributed by atoms with Gasteiger partial charge in [-0.2, -0.15) is 4.98 Å². The molecule has 0 spiro atoms. The Bertz CT molecular complexity index is 1040. The van der Waals surface area contributed by atoms with Crippen molar-refractivity contribution in [3.05, 3.63) is 41.2 Å². The lowest BCUT2D eigenvalue weighted by Gasteiger charge is -2.09. The summed E-state index contributed by atoms with van der Waals surface area (Å²) >= 11 is 0. The number of hydrogen-bond donors (Lipinski definition) is 2. The summed E-state index contributed by atoms with van der Waals surface area (Å²) in [7, 11) is -0.800. The molecule has 10 heteroatoms. The van der Waals surface area contributed by atoms with Gasteiger partial charge in [-0.3, -0.25) is 9.38 Å². The Morgan fingerprint density at radius 3 is 2.83 bits per heavy atom. The number of methoxy groups -OCH3 is 1. The largest absolute Gasteiger partial charge is 0.496 e. The fraction of sp³-hybridized carbons (Fsp3) is 0.154. The first-order valence-electron chi connectivity index (χ1n) is 6.50. The first-order valence-corrected chi connectivity index (χ1v) is 7.99. The van der Waals surface area contributed by atoms with Crippen LogP contribution in [0.5, 0.6) is 5.75 Å². The molecule has 9 nitrogen and oxygen atoms in total. The number of hydrogen-bond acceptors (Lipinski definition) is 6. The molecule has 120 valence electrons. The van der Waals surface area contributed by atoms with Gasteiger partial charge in [-0.05, 0) is 19.2 Å². The van der Waals surface area contributed by atoms with Crippen LogP contribution in [0.15, 0.2) is 40.4 Å². The molecule has 0 saturated carbocycles. The zero-order valence-corrected chi connectivity index (χ0v) is 13.1. The average molecular weight is 335 g/mol. The first-order chi connectivity index (χ1) is 10.9. The van der Waals surface area contributed by atoms with Crippen LogP contribution in [-0.4, -0.2) is 41.9 Å². The van der Waals surface area contributed by atoms with Gasteiger partial charge in [0.1, 0.15) is 12.1 Å². The van der Waals surface area contributed by atoms with Gasteiger partial charge in [-0.1, -0.05) is 0 Å². The van der Waals surface area contributed by atoms with E-state index in [0.717, 1.165) is 0 Å². The van der Waals surface area contributed by atoms with Gasteiger partial charge in [0.05, 0.1) is 17.7 Å². The van der Waals surface area contributed by atoms with Crippen LogP contribution in [0.2, 0.25) is 0 Å². The smallest absolute Gasteiger partial charge is 0.349 e. The van der Waals surface area contributed by atoms with Crippen molar-refractivity contribution >= 4 is 15.8 Å². The molecule has 0 aliphatic rings. The summed E-state index contributed by atoms with van der Waals surface area (Å²) in [4.78, 5) is 21.7. The van der Waals surface area contributed by atoms with Crippen molar-refractivity contribution in [3.8, 4) is 17.0 Å². The van der Waals surface area contributed by atoms with Gasteiger partial charge in [0.15, 0.2) is 0 Å². The number of ether oxygens (including phenoxy) is 1. The van der Waals surface area contributed by atoms with Crippen molar-refractivity contribution in [2.24, 2.45) is 0 Å². The number of imidazole rings is 1. The van der Waals surface area contributed by atoms with Crippen LogP contribution in [0.3, 0.4) is 0 Å². The summed E-state index contributed by atoms with van der Waals surface area (Å²) in [6.45, 7) is 0. The normalized spacial score (nSPS) is 11.7. The van der Waals surface area contributed by atoms with E-state index in [-0.39, 0.29) is 4.90 Å². The number of sulfonamides is 1. The Hall–Kier alpha value is -2.72. The highest BCUT2D eigenvalue weighted by molar-refractivity contribution is 7.89. The number of aromatic nitrogens is 4. The predicted octanol–water partition coefficient (Wildman–Crippen LogP) is 0.00130. The second-order valence-corrected chi connectivity index (χ2v) is 6.49. The Labute approximate surface area is 131 Å². The summed E-state index contributed by atoms with van der Waals surface area (Å²) in [6.07, 6.45) is 3.00. The van der Waals surface area contributed by atoms with Gasteiger partial charge in [0.2, 0.25) is 15.8 Å². The van der Waals surface area contributed by atoms with E-state index in [1.54, 1.807) is 16.7 Å². The maximum absolute atomic E-state index is 11.9. The van der Waals surface area contributed by atoms with Crippen molar-refractivity contribution in [1.29, 1.82) is 0 Å². The Balaban J connectivity index is 2.16. The minimum absolute atomic E-state index is 0.0828. The quantitative estimate of drug-likeness (QED) is 0.693. The average Bonchev–Trinajstić information content (AvgIpc) is 2.96. The third kappa shape index (κ3) is 2.69. The van der Waals surface area contributed by atoms with Crippen LogP contribution >= 0.6 is 0 Å². The molecular formula is C13H13N5O4S. The lowest BCUT2D eigenvalue weighted by atomic mass is 10.1. The van der Waals surface area contributed by atoms with Crippen LogP contribution in [-0.2, 0) is 10.0 Å². The molecule has 2 N–H and O–H groups in total. The van der Waals surface area contributed by atoms with Gasteiger partial charge in [0.25, 0.3) is 0 Å². The Kier molecular flexibility index (Phi) is 3.62. The van der Waals surface area contributed by atoms with Crippen LogP contribution in [0.25, 0.3) is 17.0 Å². The third-order valence-electron chi connectivity index (χ3n) is 3.28. The molecule has 1 aromatic carbocycles. The molecule has 0 saturated heterocycles. The molecule has 0 aliphatic carbocycles. The first kappa shape index (κ1) is 15.2. The molecule has 23 heavy (non-hydrogen) atoms. The van der Waals surface area contributed by atoms with Crippen molar-refractivity contribution in [1.82, 2.24) is 24.1 Å². The third-order valence-corrected chi connectivity index (χ3v) is 4.69. The van der Waals surface area contributed by atoms with Crippen molar-refractivity contribution < 1.29 is 13.2 Å². The highest BCUT2D eigenvalue weighted by Crippen LogP contribution is 2.31. The molecule has 0 radical (unpaired) electrons. The second-order valence-electron chi connectivity index (χ2n) is 4.60. The van der Waals surface area contributed by atoms with Crippen LogP contribution in [0.4, 0.5) is 0 Å². The van der Waals surface area contributed by atoms with Gasteiger partial charge in [0, 0.05) is 17.8 Å². The highest BCUT2D eigenvalue weighted by atomic mass is 32.2. The fourth-order valence-electron chi connectivity index (χ4n) is 2.11. The Morgan fingerprint density at radius 1 is 1.35 bits per heavy atom. The Morgan fingerprint density at radius 2 is 2.13 bits per heavy atom. The predicted molar refractivity (Wildman–Crippen MR) is 81.8 cm³/mol. The summed E-state index contributed by atoms with van der Waals surface area (Å²) in [5, 5.41) is 0. The van der Waals surface area contributed by atoms with E-state index in [2.05, 4.69) is 19.7 Å². The fourth-order valence-corrected chi connectivity index (χ4v) is 2.86. The highest BCUT2D eigenvalue weighted by Gasteiger charge is 2.17. The minimum atomic E-state index is -3.57. The standard InChI is InChI=1S/C13H13N5O4S/c1-14-23(20,21)8-3-4-9(11(5-8)22-2)10-6-18-7-15-13(19)17-12(18)16-10/h3-7,14H,1-2H3,(H,16,17,19). The molecular weight excluding hydrogens is 322 g/mol. The monoisotopic (exact) mass is 335 g/mol. The molecule has 0 bridgehead atoms. The summed E-state index contributed by atoms with van der Waals surface area (Å²) < 4.78 is 32.8. The summed E-state index contributed by atoms with van der Waals surface area (Å²) in [6, 6.07) is 4.46. The molecule has 2 aromatic heterocycles. The number of nitrogens with zero attached hydrogens (tertiary/aromatic N) is 3. The van der Waals surface area contributed by atoms with E-state index in [1.165, 1.54) is 32.6 Å². The van der Waals surface area contributed by atoms with Gasteiger partial charge in [-0.15, -0.1) is 0 Å². The van der Waals surface area contributed by atoms with Crippen LogP contribution < -0.4 is 15.1 Å². The van der Waals surface area contributed by atoms with Gasteiger partial charge in [-0.25, -0.2) is 22.9 Å². The molecule has 3 aromatic rings. The maximum atomic E-state index is 11.9. The van der Waals surface area contributed by atoms with Crippen molar-refractivity contribution in [2.45, 2.75) is 4.90 Å². The number of H-pyrrole nitrogens is 1. The lowest BCUT2D eigenvalue weighted by Crippen LogP contribution is -2.18. The van der Waals surface area contributed by atoms with Crippen LogP contribution in [0.1, 0.15) is 0 Å². The van der Waals surface area contributed by atoms with E-state index >= 15 is 0 Å². The molecule has 0 unspecified atom stereocenters. The molecule has 0 fully saturated rings. The number of nitrogens with one attached hydrogen (secondary N) is 2. The van der Waals surface area contributed by atoms with E-state index < -0.39 is 15.7 Å². The second kappa shape index (κ2) is 5.48. The lowest BCUT2D eigenvalue weighted by molar-refractivity contribution is 0.415. The van der Waals surface area contributed by atoms with Crippen LogP contribution in [0, 0.1) is 0 Å². The number of aromatic amines is 1. The van der Waals surface area contributed by atoms with E-state index in [1.807, 2.05) is 0 Å². The molecule has 0 aliphatic heterocycles. The number of rotatable bonds is 4. The topological polar surface area (TPSA) is 118 Å². The zero-order valence-electron chi connectivity index (χ0n) is 12.3. The minimum Gasteiger partial charge on any atom is -0.496 e. The van der Waals surface area contributed by atoms with Gasteiger partial charge >= 0.3 is 5.69 Å². The van der Waals surface area contributed by atoms with E-state index in [9.17, 15) is 13.2 Å². The summed E-state index contributed by atoms with van der Waals surface area (Å²) in [5.74, 6) is 0.675. The molecule has 2 heterocycles. The summed E-state index contributed by atoms with van der Waals surface area (Å²) in [5.41, 5.74) is 0.600. The molecule has 3 rings (SSSR count). The zero-order chi connectivity index (χ0) is 16.6. The maximum Gasteiger partial charge on any atom is 0.349 e. The molecule has 0 amide bonds. The molecule has 0 atom stereocenters. The van der Waals surface area contributed by atoms with Crippen molar-refractivity contribution in [3.63, 3.8) is 0 Å². The van der Waals surface area contributed by atoms with Crippen molar-refractivity contribution in [2.75, 3.05) is 14.2 Å². The van der Waals surface area contributed by atoms with Gasteiger partial charge < -0.3 is 4.74 Å². The van der Waals surface area contributed by atoms with E-state index in [4.69, 9.17) is 4.74 Å². The SMILES string of the molecule is CNS(=O)(=O)c1ccc(-c2cn3cnc(=O)[nH]c3n2)c(OC)c1. The number of fused-ring (bicyclic) bond motifs is 1. The number of benzene rings is 1. The van der Waals surface area contributed by atoms with E-state index in [0.29, 0.717) is 22.8 Å².